The van der Waals surface area contributed by atoms with Crippen molar-refractivity contribution in [2.24, 2.45) is 10.9 Å². The fraction of sp³-hybridized carbons (Fsp3) is 0.619. The van der Waals surface area contributed by atoms with Gasteiger partial charge in [0.2, 0.25) is 0 Å². The zero-order valence-corrected chi connectivity index (χ0v) is 21.2. The minimum atomic E-state index is -1.12. The summed E-state index contributed by atoms with van der Waals surface area (Å²) in [6, 6.07) is 3.55. The molecule has 0 spiro atoms. The maximum atomic E-state index is 10.6. The first-order valence-corrected chi connectivity index (χ1v) is 11.3. The van der Waals surface area contributed by atoms with Crippen LogP contribution in [-0.2, 0) is 12.1 Å². The Kier molecular flexibility index (Phi) is 10.1. The van der Waals surface area contributed by atoms with Crippen molar-refractivity contribution >= 4 is 41.3 Å². The summed E-state index contributed by atoms with van der Waals surface area (Å²) in [4.78, 5) is 11.6. The van der Waals surface area contributed by atoms with E-state index in [-0.39, 0.29) is 30.5 Å². The van der Waals surface area contributed by atoms with Gasteiger partial charge >= 0.3 is 0 Å². The zero-order valence-electron chi connectivity index (χ0n) is 18.1. The van der Waals surface area contributed by atoms with E-state index in [9.17, 15) is 5.11 Å². The second kappa shape index (κ2) is 12.0. The number of rotatable bonds is 8. The summed E-state index contributed by atoms with van der Waals surface area (Å²) in [5.41, 5.74) is 0.0693. The maximum absolute atomic E-state index is 10.6. The van der Waals surface area contributed by atoms with Gasteiger partial charge in [-0.3, -0.25) is 4.90 Å². The molecule has 9 heteroatoms. The fourth-order valence-corrected chi connectivity index (χ4v) is 4.14. The van der Waals surface area contributed by atoms with Crippen LogP contribution in [0.1, 0.15) is 43.2 Å². The van der Waals surface area contributed by atoms with Crippen LogP contribution in [0.25, 0.3) is 0 Å². The average molecular weight is 548 g/mol. The molecule has 7 nitrogen and oxygen atoms in total. The molecule has 1 aliphatic rings. The maximum Gasteiger partial charge on any atom is 0.191 e. The summed E-state index contributed by atoms with van der Waals surface area (Å²) in [5.74, 6) is 1.89. The van der Waals surface area contributed by atoms with E-state index in [1.54, 1.807) is 36.7 Å². The number of halogens is 1. The lowest BCUT2D eigenvalue weighted by atomic mass is 9.97. The van der Waals surface area contributed by atoms with Crippen LogP contribution in [-0.4, -0.2) is 53.7 Å². The highest BCUT2D eigenvalue weighted by Gasteiger charge is 2.26. The third-order valence-electron chi connectivity index (χ3n) is 5.26. The number of nitrogens with one attached hydrogen (secondary N) is 2. The summed E-state index contributed by atoms with van der Waals surface area (Å²) < 4.78 is 5.33. The molecular formula is C21H34IN5O2S. The van der Waals surface area contributed by atoms with E-state index in [2.05, 4.69) is 37.8 Å². The van der Waals surface area contributed by atoms with Crippen LogP contribution < -0.4 is 10.6 Å². The Balaban J connectivity index is 0.00000320. The van der Waals surface area contributed by atoms with E-state index in [1.807, 2.05) is 6.92 Å². The number of hydrogen-bond donors (Lipinski definition) is 3. The van der Waals surface area contributed by atoms with Crippen LogP contribution in [0.15, 0.2) is 33.2 Å². The molecule has 168 valence electrons. The first-order valence-electron chi connectivity index (χ1n) is 10.4. The van der Waals surface area contributed by atoms with Crippen molar-refractivity contribution in [3.63, 3.8) is 0 Å². The molecular weight excluding hydrogens is 513 g/mol. The quantitative estimate of drug-likeness (QED) is 0.267. The van der Waals surface area contributed by atoms with Crippen LogP contribution in [0, 0.1) is 12.8 Å². The van der Waals surface area contributed by atoms with Gasteiger partial charge in [0.25, 0.3) is 0 Å². The number of aliphatic hydroxyl groups is 1. The van der Waals surface area contributed by atoms with Gasteiger partial charge in [-0.05, 0) is 64.8 Å². The SMILES string of the molecule is CCNC(=NCC(C)(O)c1ccco1)NCC1CCN(Cc2csc(C)n2)CC1.I. The third kappa shape index (κ3) is 7.51. The third-order valence-corrected chi connectivity index (χ3v) is 6.08. The molecule has 1 atom stereocenters. The standard InChI is InChI=1S/C21H33N5O2S.HI/c1-4-22-20(24-15-21(3,27)19-6-5-11-28-19)23-12-17-7-9-26(10-8-17)13-18-14-29-16(2)25-18;/h5-6,11,14,17,27H,4,7-10,12-13,15H2,1-3H3,(H2,22,23,24);1H. The lowest BCUT2D eigenvalue weighted by Gasteiger charge is -2.31. The van der Waals surface area contributed by atoms with Crippen LogP contribution in [0.2, 0.25) is 0 Å². The van der Waals surface area contributed by atoms with Crippen molar-refractivity contribution in [1.29, 1.82) is 0 Å². The van der Waals surface area contributed by atoms with Crippen molar-refractivity contribution in [1.82, 2.24) is 20.5 Å². The molecule has 0 aliphatic carbocycles. The number of hydrogen-bond acceptors (Lipinski definition) is 6. The topological polar surface area (TPSA) is 85.9 Å². The molecule has 2 aromatic rings. The van der Waals surface area contributed by atoms with Crippen LogP contribution >= 0.6 is 35.3 Å². The predicted octanol–water partition coefficient (Wildman–Crippen LogP) is 3.34. The van der Waals surface area contributed by atoms with Gasteiger partial charge < -0.3 is 20.2 Å². The lowest BCUT2D eigenvalue weighted by molar-refractivity contribution is 0.0437. The highest BCUT2D eigenvalue weighted by atomic mass is 127. The van der Waals surface area contributed by atoms with E-state index >= 15 is 0 Å². The smallest absolute Gasteiger partial charge is 0.191 e. The molecule has 2 aromatic heterocycles. The molecule has 0 saturated carbocycles. The monoisotopic (exact) mass is 547 g/mol. The Morgan fingerprint density at radius 3 is 2.77 bits per heavy atom. The van der Waals surface area contributed by atoms with Gasteiger partial charge in [0.05, 0.1) is 23.5 Å². The Morgan fingerprint density at radius 2 is 2.17 bits per heavy atom. The number of piperidine rings is 1. The lowest BCUT2D eigenvalue weighted by Crippen LogP contribution is -2.43. The summed E-state index contributed by atoms with van der Waals surface area (Å²) in [6.45, 7) is 10.9. The van der Waals surface area contributed by atoms with Crippen molar-refractivity contribution < 1.29 is 9.52 Å². The van der Waals surface area contributed by atoms with Crippen LogP contribution in [0.5, 0.6) is 0 Å². The van der Waals surface area contributed by atoms with Gasteiger partial charge in [-0.15, -0.1) is 35.3 Å². The van der Waals surface area contributed by atoms with E-state index in [4.69, 9.17) is 4.42 Å². The van der Waals surface area contributed by atoms with E-state index in [0.717, 1.165) is 43.7 Å². The zero-order chi connectivity index (χ0) is 20.7. The van der Waals surface area contributed by atoms with Crippen molar-refractivity contribution in [2.75, 3.05) is 32.7 Å². The summed E-state index contributed by atoms with van der Waals surface area (Å²) >= 11 is 1.72. The molecule has 3 rings (SSSR count). The number of aromatic nitrogens is 1. The molecule has 1 unspecified atom stereocenters. The highest BCUT2D eigenvalue weighted by Crippen LogP contribution is 2.21. The molecule has 30 heavy (non-hydrogen) atoms. The molecule has 0 bridgehead atoms. The normalized spacial score (nSPS) is 17.9. The molecule has 3 N–H and O–H groups in total. The second-order valence-corrected chi connectivity index (χ2v) is 8.97. The van der Waals surface area contributed by atoms with Gasteiger partial charge in [0.1, 0.15) is 11.4 Å². The Morgan fingerprint density at radius 1 is 1.40 bits per heavy atom. The van der Waals surface area contributed by atoms with Crippen molar-refractivity contribution in [2.45, 2.75) is 45.8 Å². The number of likely N-dealkylation sites (tertiary alicyclic amines) is 1. The molecule has 1 saturated heterocycles. The first-order chi connectivity index (χ1) is 14.0. The van der Waals surface area contributed by atoms with Gasteiger partial charge in [-0.2, -0.15) is 0 Å². The Hall–Kier alpha value is -1.17. The van der Waals surface area contributed by atoms with Crippen LogP contribution in [0.4, 0.5) is 0 Å². The summed E-state index contributed by atoms with van der Waals surface area (Å²) in [6.07, 6.45) is 3.90. The molecule has 0 radical (unpaired) electrons. The van der Waals surface area contributed by atoms with Gasteiger partial charge in [0.15, 0.2) is 5.96 Å². The molecule has 0 aromatic carbocycles. The molecule has 1 fully saturated rings. The Labute approximate surface area is 200 Å². The van der Waals surface area contributed by atoms with E-state index in [0.29, 0.717) is 11.7 Å². The van der Waals surface area contributed by atoms with Crippen molar-refractivity contribution in [3.05, 3.63) is 40.2 Å². The fourth-order valence-electron chi connectivity index (χ4n) is 3.54. The number of nitrogens with zero attached hydrogens (tertiary/aromatic N) is 3. The average Bonchev–Trinajstić information content (AvgIpc) is 3.38. The molecule has 0 amide bonds. The summed E-state index contributed by atoms with van der Waals surface area (Å²) in [5, 5.41) is 20.6. The number of furan rings is 1. The minimum absolute atomic E-state index is 0. The van der Waals surface area contributed by atoms with E-state index in [1.165, 1.54) is 18.5 Å². The number of guanidine groups is 1. The van der Waals surface area contributed by atoms with Crippen LogP contribution in [0.3, 0.4) is 0 Å². The predicted molar refractivity (Wildman–Crippen MR) is 133 cm³/mol. The molecule has 1 aliphatic heterocycles. The van der Waals surface area contributed by atoms with E-state index < -0.39 is 5.60 Å². The number of aliphatic imine (C=N–C) groups is 1. The molecule has 3 heterocycles. The second-order valence-electron chi connectivity index (χ2n) is 7.90. The van der Waals surface area contributed by atoms with Gasteiger partial charge in [-0.1, -0.05) is 0 Å². The number of thiazole rings is 1. The van der Waals surface area contributed by atoms with Gasteiger partial charge in [-0.25, -0.2) is 9.98 Å². The number of aryl methyl sites for hydroxylation is 1. The Bertz CT molecular complexity index is 770. The highest BCUT2D eigenvalue weighted by molar-refractivity contribution is 14.0. The first kappa shape index (κ1) is 25.1. The van der Waals surface area contributed by atoms with Gasteiger partial charge in [0, 0.05) is 25.0 Å². The summed E-state index contributed by atoms with van der Waals surface area (Å²) in [7, 11) is 0. The largest absolute Gasteiger partial charge is 0.466 e. The van der Waals surface area contributed by atoms with Crippen molar-refractivity contribution in [3.8, 4) is 0 Å². The minimum Gasteiger partial charge on any atom is -0.466 e.